The van der Waals surface area contributed by atoms with Crippen LogP contribution in [0.3, 0.4) is 0 Å². The molecule has 0 aromatic carbocycles. The molecule has 0 radical (unpaired) electrons. The fraction of sp³-hybridized carbons (Fsp3) is 0.857. The highest BCUT2D eigenvalue weighted by Gasteiger charge is 2.40. The van der Waals surface area contributed by atoms with Crippen molar-refractivity contribution in [3.05, 3.63) is 12.5 Å². The zero-order chi connectivity index (χ0) is 12.4. The molecule has 0 N–H and O–H groups in total. The molecule has 2 heteroatoms. The van der Waals surface area contributed by atoms with Crippen LogP contribution < -0.4 is 0 Å². The molecule has 1 aliphatic heterocycles. The second-order valence-electron chi connectivity index (χ2n) is 6.12. The molecule has 1 heterocycles. The van der Waals surface area contributed by atoms with Crippen LogP contribution in [-0.4, -0.2) is 24.6 Å². The first kappa shape index (κ1) is 13.4. The third-order valence-corrected chi connectivity index (χ3v) is 4.34. The number of hydrogen-bond donors (Lipinski definition) is 0. The van der Waals surface area contributed by atoms with E-state index < -0.39 is 0 Å². The van der Waals surface area contributed by atoms with Crippen molar-refractivity contribution in [2.75, 3.05) is 19.7 Å². The van der Waals surface area contributed by atoms with Gasteiger partial charge in [-0.2, -0.15) is 0 Å². The SMILES string of the molecule is C=C(OCC)N1CCC(C)(C(C)(C)C)CC1. The Morgan fingerprint density at radius 2 is 1.81 bits per heavy atom. The predicted octanol–water partition coefficient (Wildman–Crippen LogP) is 3.64. The van der Waals surface area contributed by atoms with Crippen LogP contribution in [0.2, 0.25) is 0 Å². The Labute approximate surface area is 101 Å². The van der Waals surface area contributed by atoms with Gasteiger partial charge in [-0.25, -0.2) is 0 Å². The van der Waals surface area contributed by atoms with E-state index in [1.54, 1.807) is 0 Å². The summed E-state index contributed by atoms with van der Waals surface area (Å²) in [5.74, 6) is 0.846. The minimum atomic E-state index is 0.381. The van der Waals surface area contributed by atoms with Gasteiger partial charge >= 0.3 is 0 Å². The summed E-state index contributed by atoms with van der Waals surface area (Å²) in [6.45, 7) is 18.3. The Hall–Kier alpha value is -0.660. The molecular weight excluding hydrogens is 198 g/mol. The molecule has 94 valence electrons. The summed E-state index contributed by atoms with van der Waals surface area (Å²) in [5.41, 5.74) is 0.821. The lowest BCUT2D eigenvalue weighted by molar-refractivity contribution is 0.00843. The molecule has 0 bridgehead atoms. The van der Waals surface area contributed by atoms with E-state index in [0.717, 1.165) is 19.0 Å². The van der Waals surface area contributed by atoms with Gasteiger partial charge in [0.1, 0.15) is 0 Å². The van der Waals surface area contributed by atoms with E-state index in [9.17, 15) is 0 Å². The third-order valence-electron chi connectivity index (χ3n) is 4.34. The van der Waals surface area contributed by atoms with Crippen LogP contribution in [0, 0.1) is 10.8 Å². The van der Waals surface area contributed by atoms with Gasteiger partial charge in [0.25, 0.3) is 0 Å². The molecule has 1 rings (SSSR count). The first-order valence-electron chi connectivity index (χ1n) is 6.37. The molecule has 0 spiro atoms. The first-order chi connectivity index (χ1) is 7.30. The van der Waals surface area contributed by atoms with Gasteiger partial charge in [-0.05, 0) is 37.2 Å². The van der Waals surface area contributed by atoms with Crippen LogP contribution in [0.1, 0.15) is 47.5 Å². The number of ether oxygens (including phenoxy) is 1. The van der Waals surface area contributed by atoms with Crippen molar-refractivity contribution in [1.29, 1.82) is 0 Å². The minimum Gasteiger partial charge on any atom is -0.480 e. The Bertz CT molecular complexity index is 244. The highest BCUT2D eigenvalue weighted by molar-refractivity contribution is 4.95. The Morgan fingerprint density at radius 1 is 1.31 bits per heavy atom. The maximum absolute atomic E-state index is 5.47. The first-order valence-corrected chi connectivity index (χ1v) is 6.37. The number of piperidine rings is 1. The quantitative estimate of drug-likeness (QED) is 0.680. The molecule has 0 aliphatic carbocycles. The summed E-state index contributed by atoms with van der Waals surface area (Å²) in [7, 11) is 0. The summed E-state index contributed by atoms with van der Waals surface area (Å²) in [6.07, 6.45) is 2.45. The average Bonchev–Trinajstić information content (AvgIpc) is 2.17. The summed E-state index contributed by atoms with van der Waals surface area (Å²) >= 11 is 0. The van der Waals surface area contributed by atoms with Crippen molar-refractivity contribution < 1.29 is 4.74 Å². The number of nitrogens with zero attached hydrogens (tertiary/aromatic N) is 1. The summed E-state index contributed by atoms with van der Waals surface area (Å²) in [6, 6.07) is 0. The molecule has 1 aliphatic rings. The van der Waals surface area contributed by atoms with Crippen molar-refractivity contribution >= 4 is 0 Å². The second-order valence-corrected chi connectivity index (χ2v) is 6.12. The molecule has 0 aromatic rings. The standard InChI is InChI=1S/C14H27NO/c1-7-16-12(2)15-10-8-14(6,9-11-15)13(3,4)5/h2,7-11H2,1,3-6H3. The maximum atomic E-state index is 5.47. The van der Waals surface area contributed by atoms with Crippen molar-refractivity contribution in [3.8, 4) is 0 Å². The van der Waals surface area contributed by atoms with Crippen molar-refractivity contribution in [1.82, 2.24) is 4.90 Å². The molecule has 0 unspecified atom stereocenters. The Kier molecular flexibility index (Phi) is 3.92. The van der Waals surface area contributed by atoms with Gasteiger partial charge in [0.2, 0.25) is 0 Å². The lowest BCUT2D eigenvalue weighted by atomic mass is 9.63. The van der Waals surface area contributed by atoms with E-state index in [0.29, 0.717) is 17.4 Å². The largest absolute Gasteiger partial charge is 0.480 e. The van der Waals surface area contributed by atoms with Gasteiger partial charge < -0.3 is 9.64 Å². The highest BCUT2D eigenvalue weighted by atomic mass is 16.5. The van der Waals surface area contributed by atoms with E-state index >= 15 is 0 Å². The fourth-order valence-corrected chi connectivity index (χ4v) is 2.26. The van der Waals surface area contributed by atoms with Gasteiger partial charge in [-0.1, -0.05) is 27.7 Å². The van der Waals surface area contributed by atoms with E-state index in [-0.39, 0.29) is 0 Å². The minimum absolute atomic E-state index is 0.381. The predicted molar refractivity (Wildman–Crippen MR) is 69.1 cm³/mol. The molecule has 1 fully saturated rings. The molecule has 2 nitrogen and oxygen atoms in total. The summed E-state index contributed by atoms with van der Waals surface area (Å²) < 4.78 is 5.47. The molecule has 0 atom stereocenters. The second kappa shape index (κ2) is 4.68. The smallest absolute Gasteiger partial charge is 0.181 e. The molecular formula is C14H27NO. The van der Waals surface area contributed by atoms with Crippen LogP contribution in [0.25, 0.3) is 0 Å². The molecule has 0 aromatic heterocycles. The van der Waals surface area contributed by atoms with Gasteiger partial charge in [0, 0.05) is 13.1 Å². The zero-order valence-electron chi connectivity index (χ0n) is 11.6. The highest BCUT2D eigenvalue weighted by Crippen LogP contribution is 2.46. The van der Waals surface area contributed by atoms with Crippen LogP contribution in [-0.2, 0) is 4.74 Å². The van der Waals surface area contributed by atoms with E-state index in [1.165, 1.54) is 12.8 Å². The Morgan fingerprint density at radius 3 is 2.19 bits per heavy atom. The average molecular weight is 225 g/mol. The van der Waals surface area contributed by atoms with Crippen molar-refractivity contribution in [2.24, 2.45) is 10.8 Å². The van der Waals surface area contributed by atoms with Gasteiger partial charge in [0.15, 0.2) is 5.88 Å². The topological polar surface area (TPSA) is 12.5 Å². The van der Waals surface area contributed by atoms with Crippen LogP contribution >= 0.6 is 0 Å². The molecule has 1 saturated heterocycles. The molecule has 16 heavy (non-hydrogen) atoms. The zero-order valence-corrected chi connectivity index (χ0v) is 11.6. The lowest BCUT2D eigenvalue weighted by Crippen LogP contribution is -2.44. The summed E-state index contributed by atoms with van der Waals surface area (Å²) in [5, 5.41) is 0. The van der Waals surface area contributed by atoms with Crippen LogP contribution in [0.5, 0.6) is 0 Å². The van der Waals surface area contributed by atoms with Gasteiger partial charge in [-0.15, -0.1) is 0 Å². The lowest BCUT2D eigenvalue weighted by Gasteiger charge is -2.48. The number of rotatable bonds is 3. The molecule has 0 amide bonds. The third kappa shape index (κ3) is 2.72. The van der Waals surface area contributed by atoms with Gasteiger partial charge in [0.05, 0.1) is 6.61 Å². The van der Waals surface area contributed by atoms with Crippen LogP contribution in [0.4, 0.5) is 0 Å². The number of hydrogen-bond acceptors (Lipinski definition) is 2. The van der Waals surface area contributed by atoms with Gasteiger partial charge in [-0.3, -0.25) is 0 Å². The van der Waals surface area contributed by atoms with Crippen LogP contribution in [0.15, 0.2) is 12.5 Å². The van der Waals surface area contributed by atoms with E-state index in [1.807, 2.05) is 6.92 Å². The maximum Gasteiger partial charge on any atom is 0.181 e. The van der Waals surface area contributed by atoms with Crippen molar-refractivity contribution in [2.45, 2.75) is 47.5 Å². The summed E-state index contributed by atoms with van der Waals surface area (Å²) in [4.78, 5) is 2.27. The van der Waals surface area contributed by atoms with Crippen molar-refractivity contribution in [3.63, 3.8) is 0 Å². The van der Waals surface area contributed by atoms with E-state index in [4.69, 9.17) is 4.74 Å². The number of likely N-dealkylation sites (tertiary alicyclic amines) is 1. The normalized spacial score (nSPS) is 20.7. The molecule has 0 saturated carbocycles. The Balaban J connectivity index is 2.54. The van der Waals surface area contributed by atoms with E-state index in [2.05, 4.69) is 39.2 Å². The fourth-order valence-electron chi connectivity index (χ4n) is 2.26. The monoisotopic (exact) mass is 225 g/mol.